The second-order valence-corrected chi connectivity index (χ2v) is 6.55. The average Bonchev–Trinajstić information content (AvgIpc) is 2.83. The molecule has 2 aromatic carbocycles. The van der Waals surface area contributed by atoms with Gasteiger partial charge in [0.05, 0.1) is 7.11 Å². The standard InChI is InChI=1S/C20H19NO/c1-21-17-9-7-12(22-2)11-16(17)20-18(21)10-8-15-13-5-3-4-6-14(13)19(15)20/h3-7,9,11,15,19H,8,10H2,1-2H3. The molecule has 1 heterocycles. The maximum Gasteiger partial charge on any atom is 0.119 e. The molecule has 2 unspecified atom stereocenters. The van der Waals surface area contributed by atoms with Crippen molar-refractivity contribution in [1.29, 1.82) is 0 Å². The molecule has 2 aliphatic carbocycles. The van der Waals surface area contributed by atoms with Crippen molar-refractivity contribution in [2.45, 2.75) is 24.7 Å². The topological polar surface area (TPSA) is 14.2 Å². The Morgan fingerprint density at radius 2 is 1.91 bits per heavy atom. The molecule has 2 nitrogen and oxygen atoms in total. The highest BCUT2D eigenvalue weighted by Crippen LogP contribution is 2.57. The van der Waals surface area contributed by atoms with E-state index in [2.05, 4.69) is 54.1 Å². The molecule has 2 atom stereocenters. The molecule has 0 saturated heterocycles. The Hall–Kier alpha value is -2.22. The fourth-order valence-electron chi connectivity index (χ4n) is 4.68. The van der Waals surface area contributed by atoms with Crippen LogP contribution in [0.5, 0.6) is 5.75 Å². The van der Waals surface area contributed by atoms with Crippen LogP contribution in [0.15, 0.2) is 42.5 Å². The smallest absolute Gasteiger partial charge is 0.119 e. The molecular formula is C20H19NO. The first kappa shape index (κ1) is 12.3. The highest BCUT2D eigenvalue weighted by atomic mass is 16.5. The molecule has 110 valence electrons. The Bertz CT molecular complexity index is 905. The third kappa shape index (κ3) is 1.36. The monoisotopic (exact) mass is 289 g/mol. The second-order valence-electron chi connectivity index (χ2n) is 6.55. The summed E-state index contributed by atoms with van der Waals surface area (Å²) >= 11 is 0. The Morgan fingerprint density at radius 3 is 2.73 bits per heavy atom. The second kappa shape index (κ2) is 4.16. The summed E-state index contributed by atoms with van der Waals surface area (Å²) in [6.45, 7) is 0. The third-order valence-electron chi connectivity index (χ3n) is 5.71. The van der Waals surface area contributed by atoms with Crippen molar-refractivity contribution in [1.82, 2.24) is 4.57 Å². The molecule has 5 rings (SSSR count). The summed E-state index contributed by atoms with van der Waals surface area (Å²) < 4.78 is 7.85. The van der Waals surface area contributed by atoms with Crippen molar-refractivity contribution < 1.29 is 4.74 Å². The molecule has 0 aliphatic heterocycles. The quantitative estimate of drug-likeness (QED) is 0.649. The summed E-state index contributed by atoms with van der Waals surface area (Å²) in [5, 5.41) is 1.38. The van der Waals surface area contributed by atoms with Gasteiger partial charge in [-0.3, -0.25) is 0 Å². The first-order valence-corrected chi connectivity index (χ1v) is 8.03. The number of benzene rings is 2. The van der Waals surface area contributed by atoms with E-state index in [1.807, 2.05) is 0 Å². The number of methoxy groups -OCH3 is 1. The maximum atomic E-state index is 5.46. The predicted molar refractivity (Wildman–Crippen MR) is 88.8 cm³/mol. The maximum absolute atomic E-state index is 5.46. The Morgan fingerprint density at radius 1 is 1.09 bits per heavy atom. The van der Waals surface area contributed by atoms with Crippen molar-refractivity contribution >= 4 is 10.9 Å². The van der Waals surface area contributed by atoms with Gasteiger partial charge in [-0.1, -0.05) is 24.3 Å². The van der Waals surface area contributed by atoms with Gasteiger partial charge in [0.15, 0.2) is 0 Å². The Labute approximate surface area is 130 Å². The van der Waals surface area contributed by atoms with Crippen LogP contribution in [0, 0.1) is 0 Å². The van der Waals surface area contributed by atoms with E-state index < -0.39 is 0 Å². The predicted octanol–water partition coefficient (Wildman–Crippen LogP) is 4.36. The number of hydrogen-bond donors (Lipinski definition) is 0. The van der Waals surface area contributed by atoms with Crippen LogP contribution in [-0.2, 0) is 13.5 Å². The van der Waals surface area contributed by atoms with Crippen LogP contribution in [0.2, 0.25) is 0 Å². The number of rotatable bonds is 1. The van der Waals surface area contributed by atoms with E-state index in [1.165, 1.54) is 35.0 Å². The van der Waals surface area contributed by atoms with Crippen molar-refractivity contribution in [3.05, 3.63) is 64.8 Å². The van der Waals surface area contributed by atoms with Crippen LogP contribution in [0.1, 0.15) is 40.6 Å². The lowest BCUT2D eigenvalue weighted by molar-refractivity contribution is 0.415. The summed E-state index contributed by atoms with van der Waals surface area (Å²) in [6.07, 6.45) is 2.45. The van der Waals surface area contributed by atoms with Crippen molar-refractivity contribution in [3.63, 3.8) is 0 Å². The zero-order valence-electron chi connectivity index (χ0n) is 13.0. The molecule has 1 aromatic heterocycles. The van der Waals surface area contributed by atoms with E-state index in [4.69, 9.17) is 4.74 Å². The zero-order valence-corrected chi connectivity index (χ0v) is 13.0. The van der Waals surface area contributed by atoms with Gasteiger partial charge in [0.1, 0.15) is 5.75 Å². The summed E-state index contributed by atoms with van der Waals surface area (Å²) in [7, 11) is 3.95. The largest absolute Gasteiger partial charge is 0.497 e. The normalized spacial score (nSPS) is 21.7. The first-order chi connectivity index (χ1) is 10.8. The molecule has 0 radical (unpaired) electrons. The summed E-state index contributed by atoms with van der Waals surface area (Å²) in [6, 6.07) is 15.5. The SMILES string of the molecule is COc1ccc2c(c1)c1c(n2C)CCC2c3ccccc3C12. The van der Waals surface area contributed by atoms with Gasteiger partial charge in [-0.15, -0.1) is 0 Å². The van der Waals surface area contributed by atoms with Gasteiger partial charge in [-0.25, -0.2) is 0 Å². The van der Waals surface area contributed by atoms with Crippen LogP contribution in [0.3, 0.4) is 0 Å². The van der Waals surface area contributed by atoms with E-state index in [0.29, 0.717) is 11.8 Å². The molecule has 2 aliphatic rings. The summed E-state index contributed by atoms with van der Waals surface area (Å²) in [5.41, 5.74) is 7.49. The minimum Gasteiger partial charge on any atom is -0.497 e. The lowest BCUT2D eigenvalue weighted by Crippen LogP contribution is -2.30. The minimum absolute atomic E-state index is 0.579. The summed E-state index contributed by atoms with van der Waals surface area (Å²) in [5.74, 6) is 2.24. The lowest BCUT2D eigenvalue weighted by Gasteiger charge is -2.43. The highest BCUT2D eigenvalue weighted by Gasteiger charge is 2.43. The Kier molecular flexibility index (Phi) is 2.33. The number of ether oxygens (including phenoxy) is 1. The molecule has 0 saturated carbocycles. The molecular weight excluding hydrogens is 270 g/mol. The van der Waals surface area contributed by atoms with Crippen LogP contribution in [0.25, 0.3) is 10.9 Å². The Balaban J connectivity index is 1.81. The molecule has 0 spiro atoms. The van der Waals surface area contributed by atoms with E-state index >= 15 is 0 Å². The molecule has 3 aromatic rings. The van der Waals surface area contributed by atoms with Gasteiger partial charge < -0.3 is 9.30 Å². The molecule has 0 N–H and O–H groups in total. The molecule has 0 bridgehead atoms. The van der Waals surface area contributed by atoms with Crippen LogP contribution >= 0.6 is 0 Å². The number of nitrogens with zero attached hydrogens (tertiary/aromatic N) is 1. The summed E-state index contributed by atoms with van der Waals surface area (Å²) in [4.78, 5) is 0. The van der Waals surface area contributed by atoms with Gasteiger partial charge in [-0.2, -0.15) is 0 Å². The molecule has 22 heavy (non-hydrogen) atoms. The lowest BCUT2D eigenvalue weighted by atomic mass is 9.60. The van der Waals surface area contributed by atoms with Crippen molar-refractivity contribution in [2.75, 3.05) is 7.11 Å². The van der Waals surface area contributed by atoms with E-state index in [-0.39, 0.29) is 0 Å². The molecule has 0 fully saturated rings. The van der Waals surface area contributed by atoms with Crippen LogP contribution in [0.4, 0.5) is 0 Å². The van der Waals surface area contributed by atoms with Crippen LogP contribution < -0.4 is 4.74 Å². The fraction of sp³-hybridized carbons (Fsp3) is 0.300. The zero-order chi connectivity index (χ0) is 14.8. The number of aromatic nitrogens is 1. The van der Waals surface area contributed by atoms with E-state index in [9.17, 15) is 0 Å². The minimum atomic E-state index is 0.579. The van der Waals surface area contributed by atoms with Gasteiger partial charge in [-0.05, 0) is 53.6 Å². The average molecular weight is 289 g/mol. The number of fused-ring (bicyclic) bond motifs is 8. The number of hydrogen-bond acceptors (Lipinski definition) is 1. The first-order valence-electron chi connectivity index (χ1n) is 8.03. The van der Waals surface area contributed by atoms with Gasteiger partial charge in [0.25, 0.3) is 0 Å². The van der Waals surface area contributed by atoms with Crippen LogP contribution in [-0.4, -0.2) is 11.7 Å². The highest BCUT2D eigenvalue weighted by molar-refractivity contribution is 5.89. The third-order valence-corrected chi connectivity index (χ3v) is 5.71. The molecule has 0 amide bonds. The fourth-order valence-corrected chi connectivity index (χ4v) is 4.68. The van der Waals surface area contributed by atoms with Gasteiger partial charge in [0, 0.05) is 29.6 Å². The van der Waals surface area contributed by atoms with Crippen molar-refractivity contribution in [3.8, 4) is 5.75 Å². The van der Waals surface area contributed by atoms with Crippen molar-refractivity contribution in [2.24, 2.45) is 7.05 Å². The molecule has 2 heteroatoms. The van der Waals surface area contributed by atoms with Gasteiger partial charge >= 0.3 is 0 Å². The van der Waals surface area contributed by atoms with E-state index in [0.717, 1.165) is 5.75 Å². The number of aryl methyl sites for hydroxylation is 1. The van der Waals surface area contributed by atoms with Gasteiger partial charge in [0.2, 0.25) is 0 Å². The van der Waals surface area contributed by atoms with E-state index in [1.54, 1.807) is 18.2 Å².